The monoisotopic (exact) mass is 179 g/mol. The van der Waals surface area contributed by atoms with Crippen molar-refractivity contribution in [1.82, 2.24) is 9.97 Å². The molecule has 4 heteroatoms. The average molecular weight is 179 g/mol. The molecule has 2 heterocycles. The molecule has 0 unspecified atom stereocenters. The largest absolute Gasteiger partial charge is 0.397 e. The number of nitrogens with two attached hydrogens (primary N) is 1. The van der Waals surface area contributed by atoms with E-state index in [1.54, 1.807) is 11.3 Å². The number of hydrogen-bond acceptors (Lipinski definition) is 4. The van der Waals surface area contributed by atoms with Crippen molar-refractivity contribution in [3.05, 3.63) is 16.9 Å². The highest BCUT2D eigenvalue weighted by Gasteiger charge is 2.06. The first-order valence-corrected chi connectivity index (χ1v) is 4.54. The van der Waals surface area contributed by atoms with Gasteiger partial charge in [-0.2, -0.15) is 0 Å². The van der Waals surface area contributed by atoms with Crippen LogP contribution in [0.25, 0.3) is 10.2 Å². The van der Waals surface area contributed by atoms with Crippen LogP contribution in [-0.2, 0) is 0 Å². The van der Waals surface area contributed by atoms with E-state index >= 15 is 0 Å². The SMILES string of the molecule is Cc1nc(C)c2c(N)csc2n1. The molecule has 0 amide bonds. The Kier molecular flexibility index (Phi) is 1.51. The van der Waals surface area contributed by atoms with Gasteiger partial charge in [0.2, 0.25) is 0 Å². The van der Waals surface area contributed by atoms with Crippen molar-refractivity contribution in [3.63, 3.8) is 0 Å². The molecule has 0 aliphatic carbocycles. The second-order valence-electron chi connectivity index (χ2n) is 2.73. The maximum Gasteiger partial charge on any atom is 0.129 e. The number of hydrogen-bond donors (Lipinski definition) is 1. The smallest absolute Gasteiger partial charge is 0.129 e. The second kappa shape index (κ2) is 2.42. The van der Waals surface area contributed by atoms with Crippen molar-refractivity contribution < 1.29 is 0 Å². The summed E-state index contributed by atoms with van der Waals surface area (Å²) in [6.45, 7) is 3.85. The molecule has 0 fully saturated rings. The summed E-state index contributed by atoms with van der Waals surface area (Å²) in [5.74, 6) is 0.807. The van der Waals surface area contributed by atoms with Crippen molar-refractivity contribution in [3.8, 4) is 0 Å². The van der Waals surface area contributed by atoms with E-state index in [1.807, 2.05) is 19.2 Å². The molecule has 0 bridgehead atoms. The van der Waals surface area contributed by atoms with Crippen molar-refractivity contribution in [2.75, 3.05) is 5.73 Å². The molecule has 62 valence electrons. The molecule has 0 aliphatic heterocycles. The first kappa shape index (κ1) is 7.49. The molecule has 0 aromatic carbocycles. The van der Waals surface area contributed by atoms with Crippen LogP contribution in [0.15, 0.2) is 5.38 Å². The lowest BCUT2D eigenvalue weighted by atomic mass is 10.3. The molecule has 2 rings (SSSR count). The van der Waals surface area contributed by atoms with Crippen molar-refractivity contribution in [2.45, 2.75) is 13.8 Å². The van der Waals surface area contributed by atoms with Crippen LogP contribution >= 0.6 is 11.3 Å². The Morgan fingerprint density at radius 3 is 2.83 bits per heavy atom. The van der Waals surface area contributed by atoms with Gasteiger partial charge in [0.15, 0.2) is 0 Å². The number of aromatic nitrogens is 2. The van der Waals surface area contributed by atoms with Gasteiger partial charge in [-0.05, 0) is 13.8 Å². The summed E-state index contributed by atoms with van der Waals surface area (Å²) in [5.41, 5.74) is 7.51. The van der Waals surface area contributed by atoms with Crippen LogP contribution < -0.4 is 5.73 Å². The quantitative estimate of drug-likeness (QED) is 0.672. The van der Waals surface area contributed by atoms with Gasteiger partial charge in [-0.3, -0.25) is 0 Å². The predicted octanol–water partition coefficient (Wildman–Crippen LogP) is 1.89. The first-order valence-electron chi connectivity index (χ1n) is 3.66. The van der Waals surface area contributed by atoms with Crippen LogP contribution in [0.3, 0.4) is 0 Å². The van der Waals surface area contributed by atoms with E-state index in [9.17, 15) is 0 Å². The van der Waals surface area contributed by atoms with Gasteiger partial charge in [0.1, 0.15) is 10.7 Å². The summed E-state index contributed by atoms with van der Waals surface area (Å²) in [6, 6.07) is 0. The molecular weight excluding hydrogens is 170 g/mol. The van der Waals surface area contributed by atoms with Crippen LogP contribution in [0.4, 0.5) is 5.69 Å². The zero-order valence-electron chi connectivity index (χ0n) is 6.96. The molecule has 0 saturated heterocycles. The molecule has 0 saturated carbocycles. The van der Waals surface area contributed by atoms with Gasteiger partial charge in [-0.1, -0.05) is 0 Å². The summed E-state index contributed by atoms with van der Waals surface area (Å²) in [5, 5.41) is 2.91. The molecule has 12 heavy (non-hydrogen) atoms. The lowest BCUT2D eigenvalue weighted by molar-refractivity contribution is 1.06. The van der Waals surface area contributed by atoms with E-state index in [-0.39, 0.29) is 0 Å². The predicted molar refractivity (Wildman–Crippen MR) is 51.3 cm³/mol. The van der Waals surface area contributed by atoms with Gasteiger partial charge in [-0.15, -0.1) is 11.3 Å². The summed E-state index contributed by atoms with van der Waals surface area (Å²) in [6.07, 6.45) is 0. The molecular formula is C8H9N3S. The minimum absolute atomic E-state index is 0.785. The van der Waals surface area contributed by atoms with Crippen LogP contribution in [0.1, 0.15) is 11.5 Å². The van der Waals surface area contributed by atoms with Crippen LogP contribution in [0.2, 0.25) is 0 Å². The van der Waals surface area contributed by atoms with Crippen LogP contribution in [0, 0.1) is 13.8 Å². The highest BCUT2D eigenvalue weighted by Crippen LogP contribution is 2.27. The third-order valence-electron chi connectivity index (χ3n) is 1.75. The van der Waals surface area contributed by atoms with Crippen LogP contribution in [-0.4, -0.2) is 9.97 Å². The molecule has 0 radical (unpaired) electrons. The summed E-state index contributed by atoms with van der Waals surface area (Å²) < 4.78 is 0. The third kappa shape index (κ3) is 0.956. The fourth-order valence-corrected chi connectivity index (χ4v) is 2.20. The lowest BCUT2D eigenvalue weighted by Gasteiger charge is -1.97. The zero-order valence-corrected chi connectivity index (χ0v) is 7.77. The van der Waals surface area contributed by atoms with Gasteiger partial charge in [0.05, 0.1) is 16.8 Å². The second-order valence-corrected chi connectivity index (χ2v) is 3.59. The molecule has 0 atom stereocenters. The first-order chi connectivity index (χ1) is 5.68. The van der Waals surface area contributed by atoms with E-state index in [2.05, 4.69) is 9.97 Å². The van der Waals surface area contributed by atoms with Gasteiger partial charge in [0, 0.05) is 5.38 Å². The minimum Gasteiger partial charge on any atom is -0.397 e. The Hall–Kier alpha value is -1.16. The highest BCUT2D eigenvalue weighted by molar-refractivity contribution is 7.17. The number of nitrogens with zero attached hydrogens (tertiary/aromatic N) is 2. The summed E-state index contributed by atoms with van der Waals surface area (Å²) in [7, 11) is 0. The molecule has 2 N–H and O–H groups in total. The lowest BCUT2D eigenvalue weighted by Crippen LogP contribution is -1.92. The average Bonchev–Trinajstić information content (AvgIpc) is 2.31. The maximum absolute atomic E-state index is 5.76. The van der Waals surface area contributed by atoms with Crippen LogP contribution in [0.5, 0.6) is 0 Å². The standard InChI is InChI=1S/C8H9N3S/c1-4-7-6(9)3-12-8(7)11-5(2)10-4/h3H,9H2,1-2H3. The Balaban J connectivity index is 2.93. The van der Waals surface area contributed by atoms with Crippen molar-refractivity contribution >= 4 is 27.2 Å². The van der Waals surface area contributed by atoms with E-state index in [0.717, 1.165) is 27.4 Å². The summed E-state index contributed by atoms with van der Waals surface area (Å²) in [4.78, 5) is 9.52. The Bertz CT molecular complexity index is 433. The topological polar surface area (TPSA) is 51.8 Å². The van der Waals surface area contributed by atoms with E-state index in [1.165, 1.54) is 0 Å². The Morgan fingerprint density at radius 1 is 1.33 bits per heavy atom. The normalized spacial score (nSPS) is 10.8. The molecule has 0 aliphatic rings. The van der Waals surface area contributed by atoms with Gasteiger partial charge in [-0.25, -0.2) is 9.97 Å². The molecule has 2 aromatic rings. The van der Waals surface area contributed by atoms with Gasteiger partial charge < -0.3 is 5.73 Å². The number of thiophene rings is 1. The fraction of sp³-hybridized carbons (Fsp3) is 0.250. The van der Waals surface area contributed by atoms with E-state index in [4.69, 9.17) is 5.73 Å². The zero-order chi connectivity index (χ0) is 8.72. The number of anilines is 1. The fourth-order valence-electron chi connectivity index (χ4n) is 1.28. The summed E-state index contributed by atoms with van der Waals surface area (Å²) >= 11 is 1.57. The number of rotatable bonds is 0. The molecule has 2 aromatic heterocycles. The highest BCUT2D eigenvalue weighted by atomic mass is 32.1. The van der Waals surface area contributed by atoms with E-state index < -0.39 is 0 Å². The van der Waals surface area contributed by atoms with E-state index in [0.29, 0.717) is 0 Å². The third-order valence-corrected chi connectivity index (χ3v) is 2.65. The van der Waals surface area contributed by atoms with Crippen molar-refractivity contribution in [2.24, 2.45) is 0 Å². The minimum atomic E-state index is 0.785. The van der Waals surface area contributed by atoms with Crippen molar-refractivity contribution in [1.29, 1.82) is 0 Å². The molecule has 3 nitrogen and oxygen atoms in total. The number of nitrogen functional groups attached to an aromatic ring is 1. The Morgan fingerprint density at radius 2 is 2.08 bits per heavy atom. The van der Waals surface area contributed by atoms with Gasteiger partial charge in [0.25, 0.3) is 0 Å². The number of fused-ring (bicyclic) bond motifs is 1. The van der Waals surface area contributed by atoms with Gasteiger partial charge >= 0.3 is 0 Å². The number of aryl methyl sites for hydroxylation is 2. The molecule has 0 spiro atoms. The maximum atomic E-state index is 5.76. The Labute approximate surface area is 74.3 Å².